The molecule has 122 valence electrons. The van der Waals surface area contributed by atoms with Crippen LogP contribution in [0.25, 0.3) is 0 Å². The molecule has 0 aliphatic carbocycles. The lowest BCUT2D eigenvalue weighted by molar-refractivity contribution is -0.122. The highest BCUT2D eigenvalue weighted by Gasteiger charge is 2.21. The number of hydrogen-bond acceptors (Lipinski definition) is 4. The first-order valence-corrected chi connectivity index (χ1v) is 8.00. The fourth-order valence-corrected chi connectivity index (χ4v) is 2.64. The van der Waals surface area contributed by atoms with Crippen LogP contribution in [0.15, 0.2) is 48.5 Å². The van der Waals surface area contributed by atoms with Crippen molar-refractivity contribution in [1.82, 2.24) is 0 Å². The van der Waals surface area contributed by atoms with Gasteiger partial charge in [-0.15, -0.1) is 0 Å². The van der Waals surface area contributed by atoms with Crippen molar-refractivity contribution in [2.24, 2.45) is 5.92 Å². The second-order valence-electron chi connectivity index (χ2n) is 5.77. The van der Waals surface area contributed by atoms with Gasteiger partial charge in [0.1, 0.15) is 0 Å². The molecule has 24 heavy (non-hydrogen) atoms. The largest absolute Gasteiger partial charge is 0.381 e. The molecule has 0 saturated carbocycles. The van der Waals surface area contributed by atoms with Crippen molar-refractivity contribution in [3.05, 3.63) is 54.1 Å². The molecule has 2 aromatic carbocycles. The van der Waals surface area contributed by atoms with Crippen LogP contribution in [0.5, 0.6) is 0 Å². The van der Waals surface area contributed by atoms with Gasteiger partial charge < -0.3 is 15.4 Å². The molecule has 2 N–H and O–H groups in total. The summed E-state index contributed by atoms with van der Waals surface area (Å²) in [6, 6.07) is 16.9. The summed E-state index contributed by atoms with van der Waals surface area (Å²) in [5, 5.41) is 15.0. The normalized spacial score (nSPS) is 14.6. The van der Waals surface area contributed by atoms with E-state index in [1.807, 2.05) is 36.4 Å². The third-order valence-corrected chi connectivity index (χ3v) is 4.05. The lowest BCUT2D eigenvalue weighted by Crippen LogP contribution is -2.28. The maximum atomic E-state index is 12.2. The molecular weight excluding hydrogens is 302 g/mol. The van der Waals surface area contributed by atoms with Crippen LogP contribution < -0.4 is 10.6 Å². The van der Waals surface area contributed by atoms with Gasteiger partial charge in [0.2, 0.25) is 5.91 Å². The van der Waals surface area contributed by atoms with Crippen molar-refractivity contribution >= 4 is 23.0 Å². The molecule has 5 nitrogen and oxygen atoms in total. The zero-order valence-electron chi connectivity index (χ0n) is 13.3. The maximum absolute atomic E-state index is 12.2. The topological polar surface area (TPSA) is 74.2 Å². The number of hydrogen-bond donors (Lipinski definition) is 2. The van der Waals surface area contributed by atoms with Gasteiger partial charge in [-0.05, 0) is 61.4 Å². The summed E-state index contributed by atoms with van der Waals surface area (Å²) in [4.78, 5) is 12.2. The minimum atomic E-state index is 0.0372. The first kappa shape index (κ1) is 16.0. The molecule has 0 aromatic heterocycles. The Kier molecular flexibility index (Phi) is 5.09. The van der Waals surface area contributed by atoms with E-state index >= 15 is 0 Å². The van der Waals surface area contributed by atoms with Crippen LogP contribution in [0, 0.1) is 17.2 Å². The lowest BCUT2D eigenvalue weighted by atomic mass is 9.99. The molecule has 0 spiro atoms. The van der Waals surface area contributed by atoms with Gasteiger partial charge in [0.25, 0.3) is 0 Å². The third kappa shape index (κ3) is 4.12. The summed E-state index contributed by atoms with van der Waals surface area (Å²) in [6.07, 6.45) is 1.56. The average molecular weight is 321 g/mol. The van der Waals surface area contributed by atoms with Gasteiger partial charge in [0.15, 0.2) is 0 Å². The monoisotopic (exact) mass is 321 g/mol. The van der Waals surface area contributed by atoms with Gasteiger partial charge >= 0.3 is 0 Å². The Labute approximate surface area is 141 Å². The minimum Gasteiger partial charge on any atom is -0.381 e. The van der Waals surface area contributed by atoms with Crippen molar-refractivity contribution < 1.29 is 9.53 Å². The summed E-state index contributed by atoms with van der Waals surface area (Å²) < 4.78 is 5.28. The molecule has 2 aromatic rings. The molecule has 0 unspecified atom stereocenters. The number of nitrogens with one attached hydrogen (secondary N) is 2. The quantitative estimate of drug-likeness (QED) is 0.901. The maximum Gasteiger partial charge on any atom is 0.227 e. The van der Waals surface area contributed by atoms with E-state index in [4.69, 9.17) is 10.00 Å². The number of ether oxygens (including phenoxy) is 1. The molecule has 0 radical (unpaired) electrons. The predicted octanol–water partition coefficient (Wildman–Crippen LogP) is 3.67. The van der Waals surface area contributed by atoms with Crippen molar-refractivity contribution in [2.75, 3.05) is 23.8 Å². The highest BCUT2D eigenvalue weighted by Crippen LogP contribution is 2.21. The standard InChI is InChI=1S/C19H19N3O2/c20-13-14-1-3-16(4-2-14)21-17-5-7-18(8-6-17)22-19(23)15-9-11-24-12-10-15/h1-8,15,21H,9-12H2,(H,22,23). The molecule has 0 atom stereocenters. The van der Waals surface area contributed by atoms with Gasteiger partial charge in [-0.1, -0.05) is 0 Å². The molecule has 1 aliphatic rings. The molecule has 5 heteroatoms. The molecular formula is C19H19N3O2. The fourth-order valence-electron chi connectivity index (χ4n) is 2.64. The molecule has 1 fully saturated rings. The lowest BCUT2D eigenvalue weighted by Gasteiger charge is -2.21. The summed E-state index contributed by atoms with van der Waals surface area (Å²) in [7, 11) is 0. The number of nitriles is 1. The van der Waals surface area contributed by atoms with E-state index in [0.29, 0.717) is 18.8 Å². The van der Waals surface area contributed by atoms with Crippen LogP contribution in [0.1, 0.15) is 18.4 Å². The Morgan fingerprint density at radius 3 is 2.08 bits per heavy atom. The number of carbonyl (C=O) groups excluding carboxylic acids is 1. The number of rotatable bonds is 4. The number of carbonyl (C=O) groups is 1. The zero-order chi connectivity index (χ0) is 16.8. The Morgan fingerprint density at radius 1 is 0.958 bits per heavy atom. The van der Waals surface area contributed by atoms with Crippen molar-refractivity contribution in [1.29, 1.82) is 5.26 Å². The summed E-state index contributed by atoms with van der Waals surface area (Å²) in [6.45, 7) is 1.32. The summed E-state index contributed by atoms with van der Waals surface area (Å²) in [5.41, 5.74) is 3.25. The van der Waals surface area contributed by atoms with E-state index < -0.39 is 0 Å². The second kappa shape index (κ2) is 7.62. The van der Waals surface area contributed by atoms with E-state index in [-0.39, 0.29) is 11.8 Å². The van der Waals surface area contributed by atoms with Gasteiger partial charge in [-0.25, -0.2) is 0 Å². The first-order chi connectivity index (χ1) is 11.7. The Balaban J connectivity index is 1.58. The number of amides is 1. The Bertz CT molecular complexity index is 727. The highest BCUT2D eigenvalue weighted by molar-refractivity contribution is 5.92. The molecule has 1 heterocycles. The smallest absolute Gasteiger partial charge is 0.227 e. The summed E-state index contributed by atoms with van der Waals surface area (Å²) in [5.74, 6) is 0.0984. The molecule has 0 bridgehead atoms. The zero-order valence-corrected chi connectivity index (χ0v) is 13.3. The van der Waals surface area contributed by atoms with Crippen LogP contribution in [-0.4, -0.2) is 19.1 Å². The van der Waals surface area contributed by atoms with E-state index in [1.165, 1.54) is 0 Å². The van der Waals surface area contributed by atoms with E-state index in [9.17, 15) is 4.79 Å². The van der Waals surface area contributed by atoms with Gasteiger partial charge in [0.05, 0.1) is 11.6 Å². The molecule has 3 rings (SSSR count). The minimum absolute atomic E-state index is 0.0372. The number of nitrogens with zero attached hydrogens (tertiary/aromatic N) is 1. The average Bonchev–Trinajstić information content (AvgIpc) is 2.65. The van der Waals surface area contributed by atoms with E-state index in [2.05, 4.69) is 16.7 Å². The number of benzene rings is 2. The third-order valence-electron chi connectivity index (χ3n) is 4.05. The summed E-state index contributed by atoms with van der Waals surface area (Å²) >= 11 is 0. The SMILES string of the molecule is N#Cc1ccc(Nc2ccc(NC(=O)C3CCOCC3)cc2)cc1. The number of anilines is 3. The van der Waals surface area contributed by atoms with Crippen LogP contribution >= 0.6 is 0 Å². The first-order valence-electron chi connectivity index (χ1n) is 8.00. The van der Waals surface area contributed by atoms with Crippen molar-refractivity contribution in [3.63, 3.8) is 0 Å². The van der Waals surface area contributed by atoms with Gasteiger partial charge in [-0.2, -0.15) is 5.26 Å². The van der Waals surface area contributed by atoms with Gasteiger partial charge in [-0.3, -0.25) is 4.79 Å². The molecule has 1 saturated heterocycles. The van der Waals surface area contributed by atoms with E-state index in [1.54, 1.807) is 12.1 Å². The molecule has 1 amide bonds. The van der Waals surface area contributed by atoms with E-state index in [0.717, 1.165) is 29.9 Å². The second-order valence-corrected chi connectivity index (χ2v) is 5.77. The van der Waals surface area contributed by atoms with Crippen LogP contribution in [0.4, 0.5) is 17.1 Å². The predicted molar refractivity (Wildman–Crippen MR) is 93.1 cm³/mol. The van der Waals surface area contributed by atoms with Crippen LogP contribution in [0.2, 0.25) is 0 Å². The molecule has 1 aliphatic heterocycles. The fraction of sp³-hybridized carbons (Fsp3) is 0.263. The van der Waals surface area contributed by atoms with Crippen LogP contribution in [0.3, 0.4) is 0 Å². The van der Waals surface area contributed by atoms with Crippen molar-refractivity contribution in [3.8, 4) is 6.07 Å². The van der Waals surface area contributed by atoms with Crippen LogP contribution in [-0.2, 0) is 9.53 Å². The Hall–Kier alpha value is -2.84. The van der Waals surface area contributed by atoms with Gasteiger partial charge in [0, 0.05) is 36.2 Å². The Morgan fingerprint density at radius 2 is 1.50 bits per heavy atom. The van der Waals surface area contributed by atoms with Crippen molar-refractivity contribution in [2.45, 2.75) is 12.8 Å². The highest BCUT2D eigenvalue weighted by atomic mass is 16.5.